The number of carbonyl (C=O) groups is 3. The third-order valence-electron chi connectivity index (χ3n) is 3.59. The maximum absolute atomic E-state index is 12.1. The van der Waals surface area contributed by atoms with E-state index in [9.17, 15) is 19.5 Å². The van der Waals surface area contributed by atoms with Gasteiger partial charge in [-0.2, -0.15) is 0 Å². The van der Waals surface area contributed by atoms with Crippen LogP contribution in [0.15, 0.2) is 30.3 Å². The third-order valence-corrected chi connectivity index (χ3v) is 3.59. The second-order valence-electron chi connectivity index (χ2n) is 4.93. The van der Waals surface area contributed by atoms with Gasteiger partial charge in [0, 0.05) is 6.54 Å². The molecule has 0 spiro atoms. The molecule has 7 nitrogen and oxygen atoms in total. The molecule has 2 rings (SSSR count). The normalized spacial score (nSPS) is 20.5. The lowest BCUT2D eigenvalue weighted by Gasteiger charge is -2.23. The van der Waals surface area contributed by atoms with Gasteiger partial charge in [-0.15, -0.1) is 0 Å². The monoisotopic (exact) mass is 307 g/mol. The van der Waals surface area contributed by atoms with Gasteiger partial charge < -0.3 is 14.6 Å². The zero-order valence-corrected chi connectivity index (χ0v) is 12.1. The van der Waals surface area contributed by atoms with Gasteiger partial charge in [-0.25, -0.2) is 9.59 Å². The second kappa shape index (κ2) is 6.93. The third kappa shape index (κ3) is 3.36. The number of aliphatic carboxylic acids is 1. The fraction of sp³-hybridized carbons (Fsp3) is 0.400. The molecule has 1 aliphatic heterocycles. The number of esters is 1. The largest absolute Gasteiger partial charge is 0.480 e. The molecule has 1 saturated heterocycles. The molecule has 0 aromatic heterocycles. The molecule has 2 atom stereocenters. The summed E-state index contributed by atoms with van der Waals surface area (Å²) in [6.45, 7) is 0.190. The number of carbonyl (C=O) groups excluding carboxylic acids is 2. The number of carboxylic acid groups (broad SMARTS) is 1. The number of carboxylic acids is 1. The highest BCUT2D eigenvalue weighted by Crippen LogP contribution is 2.26. The molecule has 0 saturated carbocycles. The highest BCUT2D eigenvalue weighted by atomic mass is 16.6. The van der Waals surface area contributed by atoms with Crippen molar-refractivity contribution >= 4 is 18.0 Å². The molecule has 1 heterocycles. The molecule has 1 fully saturated rings. The van der Waals surface area contributed by atoms with Gasteiger partial charge in [-0.1, -0.05) is 30.3 Å². The maximum Gasteiger partial charge on any atom is 0.410 e. The molecule has 0 bridgehead atoms. The number of likely N-dealkylation sites (tertiary alicyclic amines) is 1. The van der Waals surface area contributed by atoms with Crippen molar-refractivity contribution in [3.05, 3.63) is 35.9 Å². The van der Waals surface area contributed by atoms with Crippen molar-refractivity contribution in [2.24, 2.45) is 5.92 Å². The van der Waals surface area contributed by atoms with Crippen molar-refractivity contribution in [2.45, 2.75) is 19.1 Å². The van der Waals surface area contributed by atoms with Gasteiger partial charge in [-0.3, -0.25) is 9.69 Å². The first-order valence-corrected chi connectivity index (χ1v) is 6.82. The van der Waals surface area contributed by atoms with Gasteiger partial charge in [0.25, 0.3) is 0 Å². The van der Waals surface area contributed by atoms with E-state index in [0.717, 1.165) is 10.5 Å². The van der Waals surface area contributed by atoms with E-state index >= 15 is 0 Å². The number of benzene rings is 1. The Morgan fingerprint density at radius 2 is 1.95 bits per heavy atom. The number of rotatable bonds is 4. The Bertz CT molecular complexity index is 558. The quantitative estimate of drug-likeness (QED) is 0.842. The Balaban J connectivity index is 2.02. The fourth-order valence-corrected chi connectivity index (χ4v) is 2.50. The number of methoxy groups -OCH3 is 1. The Morgan fingerprint density at radius 1 is 1.27 bits per heavy atom. The average molecular weight is 307 g/mol. The molecule has 0 unspecified atom stereocenters. The number of amides is 1. The number of nitrogens with zero attached hydrogens (tertiary/aromatic N) is 1. The average Bonchev–Trinajstić information content (AvgIpc) is 2.98. The molecule has 0 radical (unpaired) electrons. The van der Waals surface area contributed by atoms with E-state index in [2.05, 4.69) is 4.74 Å². The van der Waals surface area contributed by atoms with Gasteiger partial charge >= 0.3 is 18.0 Å². The molecule has 1 amide bonds. The molecular weight excluding hydrogens is 290 g/mol. The predicted molar refractivity (Wildman–Crippen MR) is 74.9 cm³/mol. The summed E-state index contributed by atoms with van der Waals surface area (Å²) in [7, 11) is 1.19. The van der Waals surface area contributed by atoms with Crippen molar-refractivity contribution in [3.8, 4) is 0 Å². The standard InChI is InChI=1S/C15H17NO6/c1-21-14(19)11-7-8-16(12(11)13(17)18)15(20)22-9-10-5-3-2-4-6-10/h2-6,11-12H,7-9H2,1H3,(H,17,18)/t11-,12-/m1/s1. The fourth-order valence-electron chi connectivity index (χ4n) is 2.50. The van der Waals surface area contributed by atoms with Crippen molar-refractivity contribution in [1.29, 1.82) is 0 Å². The lowest BCUT2D eigenvalue weighted by molar-refractivity contribution is -0.153. The maximum atomic E-state index is 12.1. The smallest absolute Gasteiger partial charge is 0.410 e. The highest BCUT2D eigenvalue weighted by Gasteiger charge is 2.46. The van der Waals surface area contributed by atoms with Crippen molar-refractivity contribution in [3.63, 3.8) is 0 Å². The van der Waals surface area contributed by atoms with Gasteiger partial charge in [0.15, 0.2) is 0 Å². The van der Waals surface area contributed by atoms with Crippen LogP contribution in [0.5, 0.6) is 0 Å². The minimum atomic E-state index is -1.25. The van der Waals surface area contributed by atoms with Gasteiger partial charge in [0.2, 0.25) is 0 Å². The van der Waals surface area contributed by atoms with E-state index in [-0.39, 0.29) is 19.6 Å². The molecule has 22 heavy (non-hydrogen) atoms. The summed E-state index contributed by atoms with van der Waals surface area (Å²) in [6.07, 6.45) is -0.507. The lowest BCUT2D eigenvalue weighted by Crippen LogP contribution is -2.45. The zero-order valence-electron chi connectivity index (χ0n) is 12.1. The Labute approximate surface area is 127 Å². The lowest BCUT2D eigenvalue weighted by atomic mass is 10.0. The first-order valence-electron chi connectivity index (χ1n) is 6.82. The Hall–Kier alpha value is -2.57. The van der Waals surface area contributed by atoms with Crippen LogP contribution in [0.1, 0.15) is 12.0 Å². The molecule has 7 heteroatoms. The van der Waals surface area contributed by atoms with Crippen LogP contribution in [0, 0.1) is 5.92 Å². The van der Waals surface area contributed by atoms with E-state index < -0.39 is 30.0 Å². The van der Waals surface area contributed by atoms with E-state index in [1.165, 1.54) is 7.11 Å². The minimum absolute atomic E-state index is 0.0470. The zero-order chi connectivity index (χ0) is 16.1. The SMILES string of the molecule is COC(=O)[C@@H]1CCN(C(=O)OCc2ccccc2)[C@H]1C(=O)O. The van der Waals surface area contributed by atoms with Crippen LogP contribution in [0.4, 0.5) is 4.79 Å². The molecule has 1 aromatic rings. The summed E-state index contributed by atoms with van der Waals surface area (Å²) >= 11 is 0. The predicted octanol–water partition coefficient (Wildman–Crippen LogP) is 1.27. The van der Waals surface area contributed by atoms with Crippen molar-refractivity contribution in [2.75, 3.05) is 13.7 Å². The van der Waals surface area contributed by atoms with Crippen LogP contribution >= 0.6 is 0 Å². The summed E-state index contributed by atoms with van der Waals surface area (Å²) in [5, 5.41) is 9.28. The van der Waals surface area contributed by atoms with Gasteiger partial charge in [0.1, 0.15) is 12.6 Å². The summed E-state index contributed by atoms with van der Waals surface area (Å²) in [5.74, 6) is -2.75. The molecular formula is C15H17NO6. The first kappa shape index (κ1) is 15.8. The molecule has 1 N–H and O–H groups in total. The van der Waals surface area contributed by atoms with E-state index in [0.29, 0.717) is 0 Å². The second-order valence-corrected chi connectivity index (χ2v) is 4.93. The molecule has 1 aromatic carbocycles. The summed E-state index contributed by atoms with van der Waals surface area (Å²) in [5.41, 5.74) is 0.798. The van der Waals surface area contributed by atoms with Crippen LogP contribution in [0.25, 0.3) is 0 Å². The van der Waals surface area contributed by atoms with Crippen LogP contribution < -0.4 is 0 Å². The van der Waals surface area contributed by atoms with Crippen LogP contribution in [-0.4, -0.2) is 47.7 Å². The number of ether oxygens (including phenoxy) is 2. The topological polar surface area (TPSA) is 93.1 Å². The van der Waals surface area contributed by atoms with E-state index in [1.54, 1.807) is 12.1 Å². The Morgan fingerprint density at radius 3 is 2.55 bits per heavy atom. The van der Waals surface area contributed by atoms with E-state index in [1.807, 2.05) is 18.2 Å². The molecule has 1 aliphatic rings. The molecule has 118 valence electrons. The summed E-state index contributed by atoms with van der Waals surface area (Å²) in [4.78, 5) is 36.1. The van der Waals surface area contributed by atoms with Gasteiger partial charge in [-0.05, 0) is 12.0 Å². The summed E-state index contributed by atoms with van der Waals surface area (Å²) in [6, 6.07) is 7.80. The Kier molecular flexibility index (Phi) is 4.98. The van der Waals surface area contributed by atoms with Crippen molar-refractivity contribution in [1.82, 2.24) is 4.90 Å². The van der Waals surface area contributed by atoms with E-state index in [4.69, 9.17) is 4.74 Å². The van der Waals surface area contributed by atoms with Gasteiger partial charge in [0.05, 0.1) is 13.0 Å². The highest BCUT2D eigenvalue weighted by molar-refractivity contribution is 5.88. The van der Waals surface area contributed by atoms with Crippen LogP contribution in [0.2, 0.25) is 0 Å². The number of hydrogen-bond donors (Lipinski definition) is 1. The molecule has 0 aliphatic carbocycles. The van der Waals surface area contributed by atoms with Crippen molar-refractivity contribution < 1.29 is 29.0 Å². The first-order chi connectivity index (χ1) is 10.5. The van der Waals surface area contributed by atoms with Crippen LogP contribution in [0.3, 0.4) is 0 Å². The van der Waals surface area contributed by atoms with Crippen LogP contribution in [-0.2, 0) is 25.7 Å². The number of hydrogen-bond acceptors (Lipinski definition) is 5. The summed E-state index contributed by atoms with van der Waals surface area (Å²) < 4.78 is 9.72. The minimum Gasteiger partial charge on any atom is -0.480 e.